The summed E-state index contributed by atoms with van der Waals surface area (Å²) in [4.78, 5) is 22.0. The number of aliphatic carboxylic acids is 1. The standard InChI is InChI=1S/C11H10BrN3O3/c1-6(10(16)17)14-11(18)15-9-3-2-8(12)4-7(9)5-13/h2-4,6H,1H3,(H,16,17)(H2,14,15,18)/t6-/m1/s1. The lowest BCUT2D eigenvalue weighted by atomic mass is 10.2. The van der Waals surface area contributed by atoms with E-state index < -0.39 is 18.0 Å². The van der Waals surface area contributed by atoms with Gasteiger partial charge in [0.15, 0.2) is 0 Å². The number of rotatable bonds is 3. The number of benzene rings is 1. The molecule has 0 aliphatic heterocycles. The molecular formula is C11H10BrN3O3. The smallest absolute Gasteiger partial charge is 0.325 e. The topological polar surface area (TPSA) is 102 Å². The van der Waals surface area contributed by atoms with Crippen molar-refractivity contribution in [1.29, 1.82) is 5.26 Å². The van der Waals surface area contributed by atoms with Crippen molar-refractivity contribution in [1.82, 2.24) is 5.32 Å². The SMILES string of the molecule is C[C@@H](NC(=O)Nc1ccc(Br)cc1C#N)C(=O)O. The van der Waals surface area contributed by atoms with Crippen molar-refractivity contribution < 1.29 is 14.7 Å². The molecule has 0 fully saturated rings. The highest BCUT2D eigenvalue weighted by Gasteiger charge is 2.14. The quantitative estimate of drug-likeness (QED) is 0.793. The highest BCUT2D eigenvalue weighted by molar-refractivity contribution is 9.10. The number of hydrogen-bond donors (Lipinski definition) is 3. The van der Waals surface area contributed by atoms with Crippen LogP contribution in [0.15, 0.2) is 22.7 Å². The van der Waals surface area contributed by atoms with Crippen LogP contribution in [-0.4, -0.2) is 23.1 Å². The average molecular weight is 312 g/mol. The van der Waals surface area contributed by atoms with Crippen molar-refractivity contribution in [3.8, 4) is 6.07 Å². The Labute approximate surface area is 112 Å². The van der Waals surface area contributed by atoms with Gasteiger partial charge in [-0.05, 0) is 25.1 Å². The second-order valence-electron chi connectivity index (χ2n) is 3.46. The molecule has 3 N–H and O–H groups in total. The molecule has 7 heteroatoms. The minimum atomic E-state index is -1.14. The maximum atomic E-state index is 11.5. The molecule has 0 spiro atoms. The van der Waals surface area contributed by atoms with E-state index in [1.54, 1.807) is 18.2 Å². The fraction of sp³-hybridized carbons (Fsp3) is 0.182. The number of carboxylic acids is 1. The molecule has 94 valence electrons. The van der Waals surface area contributed by atoms with Gasteiger partial charge in [-0.3, -0.25) is 4.79 Å². The first kappa shape index (κ1) is 14.0. The second kappa shape index (κ2) is 6.02. The van der Waals surface area contributed by atoms with Crippen LogP contribution in [0.4, 0.5) is 10.5 Å². The van der Waals surface area contributed by atoms with Gasteiger partial charge in [0, 0.05) is 4.47 Å². The molecule has 2 amide bonds. The zero-order valence-corrected chi connectivity index (χ0v) is 11.0. The fourth-order valence-corrected chi connectivity index (χ4v) is 1.50. The number of halogens is 1. The number of urea groups is 1. The van der Waals surface area contributed by atoms with Crippen LogP contribution in [0.2, 0.25) is 0 Å². The van der Waals surface area contributed by atoms with Gasteiger partial charge in [-0.2, -0.15) is 5.26 Å². The van der Waals surface area contributed by atoms with Gasteiger partial charge in [0.1, 0.15) is 12.1 Å². The van der Waals surface area contributed by atoms with Crippen molar-refractivity contribution in [2.24, 2.45) is 0 Å². The highest BCUT2D eigenvalue weighted by atomic mass is 79.9. The Hall–Kier alpha value is -2.07. The second-order valence-corrected chi connectivity index (χ2v) is 4.38. The number of hydrogen-bond acceptors (Lipinski definition) is 3. The van der Waals surface area contributed by atoms with Crippen LogP contribution in [0, 0.1) is 11.3 Å². The van der Waals surface area contributed by atoms with Crippen molar-refractivity contribution >= 4 is 33.6 Å². The van der Waals surface area contributed by atoms with E-state index in [1.807, 2.05) is 6.07 Å². The van der Waals surface area contributed by atoms with Gasteiger partial charge >= 0.3 is 12.0 Å². The zero-order valence-electron chi connectivity index (χ0n) is 9.40. The van der Waals surface area contributed by atoms with Crippen LogP contribution in [0.1, 0.15) is 12.5 Å². The van der Waals surface area contributed by atoms with E-state index in [-0.39, 0.29) is 5.56 Å². The molecule has 0 saturated heterocycles. The van der Waals surface area contributed by atoms with Gasteiger partial charge in [0.25, 0.3) is 0 Å². The van der Waals surface area contributed by atoms with Gasteiger partial charge in [0.2, 0.25) is 0 Å². The summed E-state index contributed by atoms with van der Waals surface area (Å²) < 4.78 is 0.712. The van der Waals surface area contributed by atoms with Gasteiger partial charge in [-0.25, -0.2) is 4.79 Å². The van der Waals surface area contributed by atoms with Crippen molar-refractivity contribution in [2.45, 2.75) is 13.0 Å². The molecule has 1 aromatic carbocycles. The van der Waals surface area contributed by atoms with Gasteiger partial charge in [-0.1, -0.05) is 15.9 Å². The molecule has 1 rings (SSSR count). The summed E-state index contributed by atoms with van der Waals surface area (Å²) in [5, 5.41) is 22.2. The lowest BCUT2D eigenvalue weighted by Crippen LogP contribution is -2.40. The largest absolute Gasteiger partial charge is 0.480 e. The molecule has 0 aliphatic rings. The number of nitriles is 1. The monoisotopic (exact) mass is 311 g/mol. The van der Waals surface area contributed by atoms with E-state index in [0.29, 0.717) is 10.2 Å². The number of carbonyl (C=O) groups excluding carboxylic acids is 1. The van der Waals surface area contributed by atoms with Crippen LogP contribution in [-0.2, 0) is 4.79 Å². The van der Waals surface area contributed by atoms with Crippen LogP contribution >= 0.6 is 15.9 Å². The minimum Gasteiger partial charge on any atom is -0.480 e. The third-order valence-corrected chi connectivity index (χ3v) is 2.56. The normalized spacial score (nSPS) is 11.2. The predicted octanol–water partition coefficient (Wildman–Crippen LogP) is 1.92. The minimum absolute atomic E-state index is 0.280. The molecule has 0 heterocycles. The van der Waals surface area contributed by atoms with Crippen LogP contribution < -0.4 is 10.6 Å². The Morgan fingerprint density at radius 3 is 2.72 bits per heavy atom. The number of nitrogens with zero attached hydrogens (tertiary/aromatic N) is 1. The van der Waals surface area contributed by atoms with Crippen LogP contribution in [0.5, 0.6) is 0 Å². The third-order valence-electron chi connectivity index (χ3n) is 2.07. The Morgan fingerprint density at radius 2 is 2.17 bits per heavy atom. The molecule has 1 aromatic rings. The third kappa shape index (κ3) is 3.75. The molecule has 0 saturated carbocycles. The Morgan fingerprint density at radius 1 is 1.50 bits per heavy atom. The molecule has 0 radical (unpaired) electrons. The van der Waals surface area contributed by atoms with Crippen molar-refractivity contribution in [3.05, 3.63) is 28.2 Å². The molecule has 0 aromatic heterocycles. The number of amides is 2. The molecule has 6 nitrogen and oxygen atoms in total. The van der Waals surface area contributed by atoms with E-state index >= 15 is 0 Å². The molecule has 0 bridgehead atoms. The van der Waals surface area contributed by atoms with E-state index in [2.05, 4.69) is 26.6 Å². The molecule has 1 atom stereocenters. The van der Waals surface area contributed by atoms with E-state index in [0.717, 1.165) is 0 Å². The molecule has 0 aliphatic carbocycles. The first-order valence-electron chi connectivity index (χ1n) is 4.94. The number of nitrogens with one attached hydrogen (secondary N) is 2. The summed E-state index contributed by atoms with van der Waals surface area (Å²) >= 11 is 3.21. The first-order valence-corrected chi connectivity index (χ1v) is 5.73. The van der Waals surface area contributed by atoms with Gasteiger partial charge in [0.05, 0.1) is 11.3 Å². The zero-order chi connectivity index (χ0) is 13.7. The molecular weight excluding hydrogens is 302 g/mol. The number of carbonyl (C=O) groups is 2. The Balaban J connectivity index is 2.77. The van der Waals surface area contributed by atoms with Crippen LogP contribution in [0.3, 0.4) is 0 Å². The van der Waals surface area contributed by atoms with E-state index in [4.69, 9.17) is 10.4 Å². The van der Waals surface area contributed by atoms with E-state index in [1.165, 1.54) is 6.92 Å². The summed E-state index contributed by atoms with van der Waals surface area (Å²) in [6.45, 7) is 1.34. The maximum absolute atomic E-state index is 11.5. The van der Waals surface area contributed by atoms with Crippen LogP contribution in [0.25, 0.3) is 0 Å². The summed E-state index contributed by atoms with van der Waals surface area (Å²) in [7, 11) is 0. The molecule has 0 unspecified atom stereocenters. The van der Waals surface area contributed by atoms with Crippen molar-refractivity contribution in [2.75, 3.05) is 5.32 Å². The summed E-state index contributed by atoms with van der Waals surface area (Å²) in [5.74, 6) is -1.14. The summed E-state index contributed by atoms with van der Waals surface area (Å²) in [5.41, 5.74) is 0.596. The Kier molecular flexibility index (Phi) is 4.68. The average Bonchev–Trinajstić information content (AvgIpc) is 2.31. The Bertz CT molecular complexity index is 525. The lowest BCUT2D eigenvalue weighted by Gasteiger charge is -2.11. The molecule has 18 heavy (non-hydrogen) atoms. The summed E-state index contributed by atoms with van der Waals surface area (Å²) in [6, 6.07) is 5.01. The number of anilines is 1. The summed E-state index contributed by atoms with van der Waals surface area (Å²) in [6.07, 6.45) is 0. The maximum Gasteiger partial charge on any atom is 0.325 e. The van der Waals surface area contributed by atoms with Gasteiger partial charge < -0.3 is 15.7 Å². The predicted molar refractivity (Wildman–Crippen MR) is 68.1 cm³/mol. The van der Waals surface area contributed by atoms with E-state index in [9.17, 15) is 9.59 Å². The highest BCUT2D eigenvalue weighted by Crippen LogP contribution is 2.20. The lowest BCUT2D eigenvalue weighted by molar-refractivity contribution is -0.138. The van der Waals surface area contributed by atoms with Gasteiger partial charge in [-0.15, -0.1) is 0 Å². The fourth-order valence-electron chi connectivity index (χ4n) is 1.13. The number of carboxylic acid groups (broad SMARTS) is 1. The first-order chi connectivity index (χ1) is 8.43. The van der Waals surface area contributed by atoms with Crippen molar-refractivity contribution in [3.63, 3.8) is 0 Å².